The van der Waals surface area contributed by atoms with Crippen molar-refractivity contribution in [2.75, 3.05) is 11.9 Å². The third kappa shape index (κ3) is 4.21. The molecule has 0 bridgehead atoms. The molecule has 3 heterocycles. The molecule has 8 nitrogen and oxygen atoms in total. The monoisotopic (exact) mass is 474 g/mol. The van der Waals surface area contributed by atoms with Crippen LogP contribution in [0.4, 0.5) is 5.69 Å². The Labute approximate surface area is 200 Å². The number of aryl methyl sites for hydroxylation is 1. The lowest BCUT2D eigenvalue weighted by Crippen LogP contribution is -2.28. The molecule has 0 aliphatic rings. The molecule has 9 heteroatoms. The maximum absolute atomic E-state index is 12.9. The summed E-state index contributed by atoms with van der Waals surface area (Å²) in [5.74, 6) is 0.444. The lowest BCUT2D eigenvalue weighted by atomic mass is 10.1. The topological polar surface area (TPSA) is 112 Å². The second-order valence-electron chi connectivity index (χ2n) is 8.13. The number of benzene rings is 2. The van der Waals surface area contributed by atoms with Crippen molar-refractivity contribution in [3.63, 3.8) is 0 Å². The minimum Gasteiger partial charge on any atom is -0.394 e. The summed E-state index contributed by atoms with van der Waals surface area (Å²) >= 11 is 6.31. The van der Waals surface area contributed by atoms with E-state index in [1.54, 1.807) is 24.8 Å². The smallest absolute Gasteiger partial charge is 0.261 e. The average molecular weight is 475 g/mol. The zero-order valence-corrected chi connectivity index (χ0v) is 19.2. The molecular weight excluding hydrogens is 452 g/mol. The number of anilines is 1. The predicted octanol–water partition coefficient (Wildman–Crippen LogP) is 4.08. The van der Waals surface area contributed by atoms with Gasteiger partial charge in [0.1, 0.15) is 11.4 Å². The van der Waals surface area contributed by atoms with Crippen LogP contribution in [0.1, 0.15) is 11.1 Å². The molecule has 0 aliphatic carbocycles. The molecule has 1 unspecified atom stereocenters. The van der Waals surface area contributed by atoms with Gasteiger partial charge in [0.2, 0.25) is 0 Å². The largest absolute Gasteiger partial charge is 0.394 e. The van der Waals surface area contributed by atoms with Crippen LogP contribution in [-0.2, 0) is 6.42 Å². The minimum absolute atomic E-state index is 0.134. The van der Waals surface area contributed by atoms with Crippen LogP contribution in [0.3, 0.4) is 0 Å². The quantitative estimate of drug-likeness (QED) is 0.284. The summed E-state index contributed by atoms with van der Waals surface area (Å²) < 4.78 is 1.91. The van der Waals surface area contributed by atoms with E-state index in [1.165, 1.54) is 0 Å². The Kier molecular flexibility index (Phi) is 5.91. The van der Waals surface area contributed by atoms with E-state index in [2.05, 4.69) is 20.3 Å². The number of aromatic nitrogens is 5. The summed E-state index contributed by atoms with van der Waals surface area (Å²) in [5.41, 5.74) is 5.07. The maximum Gasteiger partial charge on any atom is 0.261 e. The molecule has 4 N–H and O–H groups in total. The molecule has 1 atom stereocenters. The predicted molar refractivity (Wildman–Crippen MR) is 134 cm³/mol. The standard InChI is InChI=1S/C25H23ClN6O2/c1-15-10-18(32-9-8-27-14-32)12-21-23(15)31-24(30-21)22-20(6-7-28-25(22)34)29-17(13-33)11-16-4-2-3-5-19(16)26/h2-10,12,14,17,33H,11,13H2,1H3,(H,30,31)(H2,28,29,34). The van der Waals surface area contributed by atoms with Gasteiger partial charge >= 0.3 is 0 Å². The highest BCUT2D eigenvalue weighted by Gasteiger charge is 2.19. The molecular formula is C25H23ClN6O2. The van der Waals surface area contributed by atoms with Crippen molar-refractivity contribution in [3.05, 3.63) is 93.9 Å². The van der Waals surface area contributed by atoms with Crippen molar-refractivity contribution < 1.29 is 5.11 Å². The third-order valence-electron chi connectivity index (χ3n) is 5.77. The van der Waals surface area contributed by atoms with Crippen molar-refractivity contribution in [1.82, 2.24) is 24.5 Å². The number of aliphatic hydroxyl groups excluding tert-OH is 1. The summed E-state index contributed by atoms with van der Waals surface area (Å²) in [4.78, 5) is 27.8. The van der Waals surface area contributed by atoms with E-state index in [4.69, 9.17) is 16.6 Å². The summed E-state index contributed by atoms with van der Waals surface area (Å²) in [5, 5.41) is 14.0. The first-order valence-corrected chi connectivity index (χ1v) is 11.2. The number of pyridine rings is 1. The van der Waals surface area contributed by atoms with Crippen LogP contribution in [0.25, 0.3) is 28.1 Å². The Morgan fingerprint density at radius 1 is 1.24 bits per heavy atom. The maximum atomic E-state index is 12.9. The van der Waals surface area contributed by atoms with E-state index >= 15 is 0 Å². The highest BCUT2D eigenvalue weighted by atomic mass is 35.5. The minimum atomic E-state index is -0.348. The molecule has 5 rings (SSSR count). The van der Waals surface area contributed by atoms with Crippen LogP contribution in [0.15, 0.2) is 72.2 Å². The fraction of sp³-hybridized carbons (Fsp3) is 0.160. The number of H-pyrrole nitrogens is 2. The zero-order valence-electron chi connectivity index (χ0n) is 18.4. The molecule has 0 radical (unpaired) electrons. The van der Waals surface area contributed by atoms with Gasteiger partial charge in [-0.15, -0.1) is 0 Å². The van der Waals surface area contributed by atoms with Crippen LogP contribution in [0.5, 0.6) is 0 Å². The molecule has 2 aromatic carbocycles. The number of halogens is 1. The number of nitrogens with zero attached hydrogens (tertiary/aromatic N) is 3. The van der Waals surface area contributed by atoms with Crippen molar-refractivity contribution in [2.45, 2.75) is 19.4 Å². The van der Waals surface area contributed by atoms with Gasteiger partial charge in [0.15, 0.2) is 0 Å². The van der Waals surface area contributed by atoms with Gasteiger partial charge in [-0.3, -0.25) is 4.79 Å². The number of aliphatic hydroxyl groups is 1. The molecule has 0 fully saturated rings. The lowest BCUT2D eigenvalue weighted by molar-refractivity contribution is 0.274. The summed E-state index contributed by atoms with van der Waals surface area (Å²) in [6.07, 6.45) is 7.39. The number of fused-ring (bicyclic) bond motifs is 1. The zero-order chi connectivity index (χ0) is 23.7. The van der Waals surface area contributed by atoms with Gasteiger partial charge in [0.05, 0.1) is 35.7 Å². The Bertz CT molecular complexity index is 1510. The van der Waals surface area contributed by atoms with E-state index < -0.39 is 0 Å². The first-order chi connectivity index (χ1) is 16.5. The molecule has 0 saturated carbocycles. The Morgan fingerprint density at radius 3 is 2.85 bits per heavy atom. The van der Waals surface area contributed by atoms with E-state index in [-0.39, 0.29) is 18.2 Å². The van der Waals surface area contributed by atoms with Crippen LogP contribution < -0.4 is 10.9 Å². The normalized spacial score (nSPS) is 12.2. The van der Waals surface area contributed by atoms with Gasteiger partial charge in [-0.25, -0.2) is 9.97 Å². The lowest BCUT2D eigenvalue weighted by Gasteiger charge is -2.19. The average Bonchev–Trinajstić information content (AvgIpc) is 3.50. The third-order valence-corrected chi connectivity index (χ3v) is 6.13. The highest BCUT2D eigenvalue weighted by Crippen LogP contribution is 2.28. The fourth-order valence-corrected chi connectivity index (χ4v) is 4.31. The van der Waals surface area contributed by atoms with E-state index in [0.717, 1.165) is 27.8 Å². The van der Waals surface area contributed by atoms with Gasteiger partial charge in [-0.05, 0) is 48.7 Å². The molecule has 172 valence electrons. The summed E-state index contributed by atoms with van der Waals surface area (Å²) in [6, 6.07) is 12.9. The first-order valence-electron chi connectivity index (χ1n) is 10.8. The van der Waals surface area contributed by atoms with Crippen LogP contribution >= 0.6 is 11.6 Å². The molecule has 0 spiro atoms. The molecule has 0 saturated heterocycles. The van der Waals surface area contributed by atoms with Gasteiger partial charge in [0.25, 0.3) is 5.56 Å². The van der Waals surface area contributed by atoms with Crippen LogP contribution in [0.2, 0.25) is 5.02 Å². The molecule has 34 heavy (non-hydrogen) atoms. The molecule has 3 aromatic heterocycles. The van der Waals surface area contributed by atoms with E-state index in [9.17, 15) is 9.90 Å². The molecule has 0 amide bonds. The number of aromatic amines is 2. The van der Waals surface area contributed by atoms with E-state index in [1.807, 2.05) is 54.1 Å². The van der Waals surface area contributed by atoms with Gasteiger partial charge in [-0.2, -0.15) is 0 Å². The second kappa shape index (κ2) is 9.17. The fourth-order valence-electron chi connectivity index (χ4n) is 4.10. The Hall–Kier alpha value is -3.88. The number of nitrogens with one attached hydrogen (secondary N) is 3. The van der Waals surface area contributed by atoms with Crippen molar-refractivity contribution in [3.8, 4) is 17.1 Å². The van der Waals surface area contributed by atoms with Gasteiger partial charge in [-0.1, -0.05) is 29.8 Å². The van der Waals surface area contributed by atoms with Crippen LogP contribution in [-0.4, -0.2) is 42.3 Å². The summed E-state index contributed by atoms with van der Waals surface area (Å²) in [6.45, 7) is 1.85. The molecule has 5 aromatic rings. The number of hydrogen-bond donors (Lipinski definition) is 4. The highest BCUT2D eigenvalue weighted by molar-refractivity contribution is 6.31. The Balaban J connectivity index is 1.53. The molecule has 0 aliphatic heterocycles. The van der Waals surface area contributed by atoms with E-state index in [0.29, 0.717) is 28.5 Å². The SMILES string of the molecule is Cc1cc(-n2ccnc2)cc2[nH]c(-c3c(NC(CO)Cc4ccccc4Cl)cc[nH]c3=O)nc12. The van der Waals surface area contributed by atoms with Crippen molar-refractivity contribution in [1.29, 1.82) is 0 Å². The van der Waals surface area contributed by atoms with Gasteiger partial charge in [0, 0.05) is 29.3 Å². The second-order valence-corrected chi connectivity index (χ2v) is 8.54. The number of imidazole rings is 2. The number of rotatable bonds is 7. The number of hydrogen-bond acceptors (Lipinski definition) is 5. The van der Waals surface area contributed by atoms with Gasteiger partial charge < -0.3 is 25.0 Å². The van der Waals surface area contributed by atoms with Crippen molar-refractivity contribution >= 4 is 28.3 Å². The Morgan fingerprint density at radius 2 is 2.09 bits per heavy atom. The summed E-state index contributed by atoms with van der Waals surface area (Å²) in [7, 11) is 0. The van der Waals surface area contributed by atoms with Crippen LogP contribution in [0, 0.1) is 6.92 Å². The van der Waals surface area contributed by atoms with Crippen molar-refractivity contribution in [2.24, 2.45) is 0 Å². The first kappa shape index (κ1) is 21.9.